The van der Waals surface area contributed by atoms with Gasteiger partial charge in [0.25, 0.3) is 5.66 Å². The standard InChI is InChI=1S/C16H23BrF2NO2P/c1-10(20-11(2)16(18,19)23)7-13-9-14(21-3)12(5-6-17)8-15(13)22-4/h8-10,20H,2,5-7,23H2,1,3-4H3. The zero-order valence-corrected chi connectivity index (χ0v) is 16.3. The lowest BCUT2D eigenvalue weighted by Crippen LogP contribution is -2.33. The fraction of sp³-hybridized carbons (Fsp3) is 0.500. The molecule has 0 heterocycles. The lowest BCUT2D eigenvalue weighted by Gasteiger charge is -2.22. The average molecular weight is 410 g/mol. The summed E-state index contributed by atoms with van der Waals surface area (Å²) in [5.41, 5.74) is -1.43. The topological polar surface area (TPSA) is 30.5 Å². The molecule has 0 aliphatic carbocycles. The second-order valence-corrected chi connectivity index (χ2v) is 6.78. The molecule has 7 heteroatoms. The molecule has 1 rings (SSSR count). The summed E-state index contributed by atoms with van der Waals surface area (Å²) in [5, 5.41) is 3.54. The van der Waals surface area contributed by atoms with Crippen LogP contribution in [0, 0.1) is 0 Å². The molecule has 23 heavy (non-hydrogen) atoms. The summed E-state index contributed by atoms with van der Waals surface area (Å²) in [5.74, 6) is 1.49. The maximum Gasteiger partial charge on any atom is 0.297 e. The number of rotatable bonds is 9. The summed E-state index contributed by atoms with van der Waals surface area (Å²) in [4.78, 5) is 0. The minimum Gasteiger partial charge on any atom is -0.496 e. The molecule has 130 valence electrons. The van der Waals surface area contributed by atoms with Crippen LogP contribution in [0.2, 0.25) is 0 Å². The number of hydrogen-bond acceptors (Lipinski definition) is 3. The van der Waals surface area contributed by atoms with Crippen LogP contribution in [0.5, 0.6) is 11.5 Å². The molecule has 0 saturated heterocycles. The summed E-state index contributed by atoms with van der Waals surface area (Å²) in [6.07, 6.45) is 1.32. The third-order valence-electron chi connectivity index (χ3n) is 3.40. The Kier molecular flexibility index (Phi) is 7.75. The highest BCUT2D eigenvalue weighted by Crippen LogP contribution is 2.32. The quantitative estimate of drug-likeness (QED) is 0.491. The molecular weight excluding hydrogens is 387 g/mol. The van der Waals surface area contributed by atoms with Crippen molar-refractivity contribution in [2.45, 2.75) is 31.5 Å². The highest BCUT2D eigenvalue weighted by molar-refractivity contribution is 9.09. The Morgan fingerprint density at radius 1 is 1.30 bits per heavy atom. The summed E-state index contributed by atoms with van der Waals surface area (Å²) in [6, 6.07) is 3.60. The SMILES string of the molecule is C=C(NC(C)Cc1cc(OC)c(CCBr)cc1OC)C(F)(F)P. The molecule has 1 N–H and O–H groups in total. The highest BCUT2D eigenvalue weighted by atomic mass is 79.9. The van der Waals surface area contributed by atoms with E-state index in [0.717, 1.165) is 34.4 Å². The third-order valence-corrected chi connectivity index (χ3v) is 4.14. The lowest BCUT2D eigenvalue weighted by molar-refractivity contribution is 0.136. The van der Waals surface area contributed by atoms with Gasteiger partial charge in [-0.05, 0) is 43.0 Å². The van der Waals surface area contributed by atoms with Crippen LogP contribution in [-0.4, -0.2) is 31.3 Å². The Morgan fingerprint density at radius 3 is 2.30 bits per heavy atom. The first-order valence-corrected chi connectivity index (χ1v) is 8.85. The second-order valence-electron chi connectivity index (χ2n) is 5.27. The maximum absolute atomic E-state index is 13.2. The molecule has 1 aromatic rings. The fourth-order valence-corrected chi connectivity index (χ4v) is 2.77. The molecule has 1 aromatic carbocycles. The highest BCUT2D eigenvalue weighted by Gasteiger charge is 2.27. The van der Waals surface area contributed by atoms with Gasteiger partial charge in [0.05, 0.1) is 19.9 Å². The first-order valence-electron chi connectivity index (χ1n) is 7.15. The van der Waals surface area contributed by atoms with E-state index >= 15 is 0 Å². The predicted molar refractivity (Wildman–Crippen MR) is 97.1 cm³/mol. The number of ether oxygens (including phenoxy) is 2. The molecule has 0 aromatic heterocycles. The van der Waals surface area contributed by atoms with Crippen LogP contribution < -0.4 is 14.8 Å². The van der Waals surface area contributed by atoms with Gasteiger partial charge in [-0.25, -0.2) is 0 Å². The van der Waals surface area contributed by atoms with Gasteiger partial charge < -0.3 is 14.8 Å². The van der Waals surface area contributed by atoms with Crippen molar-refractivity contribution in [3.63, 3.8) is 0 Å². The van der Waals surface area contributed by atoms with Gasteiger partial charge in [0.1, 0.15) is 11.5 Å². The van der Waals surface area contributed by atoms with Crippen molar-refractivity contribution in [2.75, 3.05) is 19.5 Å². The number of allylic oxidation sites excluding steroid dienone is 1. The van der Waals surface area contributed by atoms with Gasteiger partial charge in [-0.2, -0.15) is 8.78 Å². The van der Waals surface area contributed by atoms with E-state index in [2.05, 4.69) is 27.8 Å². The van der Waals surface area contributed by atoms with E-state index in [1.54, 1.807) is 14.2 Å². The van der Waals surface area contributed by atoms with E-state index < -0.39 is 5.66 Å². The zero-order chi connectivity index (χ0) is 17.6. The maximum atomic E-state index is 13.2. The van der Waals surface area contributed by atoms with Crippen LogP contribution in [0.15, 0.2) is 24.4 Å². The minimum atomic E-state index is -3.03. The van der Waals surface area contributed by atoms with Gasteiger partial charge in [-0.1, -0.05) is 31.7 Å². The van der Waals surface area contributed by atoms with Crippen LogP contribution >= 0.6 is 25.2 Å². The summed E-state index contributed by atoms with van der Waals surface area (Å²) < 4.78 is 37.2. The van der Waals surface area contributed by atoms with Crippen molar-refractivity contribution >= 4 is 25.2 Å². The van der Waals surface area contributed by atoms with Crippen molar-refractivity contribution < 1.29 is 18.3 Å². The number of aryl methyl sites for hydroxylation is 1. The van der Waals surface area contributed by atoms with E-state index in [1.807, 2.05) is 19.1 Å². The van der Waals surface area contributed by atoms with E-state index in [1.165, 1.54) is 9.24 Å². The van der Waals surface area contributed by atoms with Gasteiger partial charge in [-0.3, -0.25) is 0 Å². The van der Waals surface area contributed by atoms with E-state index in [0.29, 0.717) is 6.42 Å². The van der Waals surface area contributed by atoms with Crippen molar-refractivity contribution in [3.8, 4) is 11.5 Å². The normalized spacial score (nSPS) is 12.7. The van der Waals surface area contributed by atoms with Gasteiger partial charge in [0.15, 0.2) is 0 Å². The third kappa shape index (κ3) is 5.92. The van der Waals surface area contributed by atoms with Crippen molar-refractivity contribution in [1.29, 1.82) is 0 Å². The van der Waals surface area contributed by atoms with E-state index in [9.17, 15) is 8.78 Å². The summed E-state index contributed by atoms with van der Waals surface area (Å²) in [7, 11) is 4.68. The van der Waals surface area contributed by atoms with Crippen LogP contribution in [0.4, 0.5) is 8.78 Å². The van der Waals surface area contributed by atoms with Gasteiger partial charge in [0.2, 0.25) is 0 Å². The smallest absolute Gasteiger partial charge is 0.297 e. The number of nitrogens with one attached hydrogen (secondary N) is 1. The number of halogens is 3. The largest absolute Gasteiger partial charge is 0.496 e. The van der Waals surface area contributed by atoms with Crippen molar-refractivity contribution in [1.82, 2.24) is 5.32 Å². The molecule has 0 saturated carbocycles. The molecule has 0 spiro atoms. The molecule has 0 aliphatic heterocycles. The van der Waals surface area contributed by atoms with Crippen molar-refractivity contribution in [2.24, 2.45) is 0 Å². The Morgan fingerprint density at radius 2 is 1.83 bits per heavy atom. The Bertz CT molecular complexity index is 550. The number of hydrogen-bond donors (Lipinski definition) is 1. The lowest BCUT2D eigenvalue weighted by atomic mass is 10.0. The molecule has 2 atom stereocenters. The Labute approximate surface area is 147 Å². The number of alkyl halides is 3. The first kappa shape index (κ1) is 20.2. The zero-order valence-electron chi connectivity index (χ0n) is 13.6. The van der Waals surface area contributed by atoms with Gasteiger partial charge >= 0.3 is 0 Å². The molecule has 0 fully saturated rings. The van der Waals surface area contributed by atoms with Crippen LogP contribution in [0.25, 0.3) is 0 Å². The summed E-state index contributed by atoms with van der Waals surface area (Å²) >= 11 is 3.41. The van der Waals surface area contributed by atoms with Crippen LogP contribution in [0.3, 0.4) is 0 Å². The average Bonchev–Trinajstić information content (AvgIpc) is 2.47. The second kappa shape index (κ2) is 8.84. The molecule has 0 amide bonds. The molecular formula is C16H23BrF2NO2P. The van der Waals surface area contributed by atoms with Gasteiger partial charge in [-0.15, -0.1) is 0 Å². The fourth-order valence-electron chi connectivity index (χ4n) is 2.26. The molecule has 0 bridgehead atoms. The molecule has 0 radical (unpaired) electrons. The molecule has 2 unspecified atom stereocenters. The molecule has 0 aliphatic rings. The Hall–Kier alpha value is -0.870. The van der Waals surface area contributed by atoms with E-state index in [4.69, 9.17) is 9.47 Å². The predicted octanol–water partition coefficient (Wildman–Crippen LogP) is 4.14. The Balaban J connectivity index is 2.96. The first-order chi connectivity index (χ1) is 10.7. The number of benzene rings is 1. The summed E-state index contributed by atoms with van der Waals surface area (Å²) in [6.45, 7) is 5.20. The van der Waals surface area contributed by atoms with Crippen molar-refractivity contribution in [3.05, 3.63) is 35.5 Å². The van der Waals surface area contributed by atoms with Crippen LogP contribution in [0.1, 0.15) is 18.1 Å². The van der Waals surface area contributed by atoms with Crippen LogP contribution in [-0.2, 0) is 12.8 Å². The monoisotopic (exact) mass is 409 g/mol. The van der Waals surface area contributed by atoms with Gasteiger partial charge in [0, 0.05) is 11.4 Å². The number of methoxy groups -OCH3 is 2. The molecule has 3 nitrogen and oxygen atoms in total. The minimum absolute atomic E-state index is 0.227. The van der Waals surface area contributed by atoms with E-state index in [-0.39, 0.29) is 11.7 Å².